The second-order valence-electron chi connectivity index (χ2n) is 7.16. The highest BCUT2D eigenvalue weighted by Crippen LogP contribution is 2.36. The van der Waals surface area contributed by atoms with E-state index in [1.54, 1.807) is 12.3 Å². The van der Waals surface area contributed by atoms with Gasteiger partial charge in [0.2, 0.25) is 0 Å². The molecule has 0 spiro atoms. The molecule has 4 rings (SSSR count). The van der Waals surface area contributed by atoms with Gasteiger partial charge in [0.05, 0.1) is 6.20 Å². The van der Waals surface area contributed by atoms with Crippen molar-refractivity contribution in [3.05, 3.63) is 107 Å². The molecule has 0 amide bonds. The van der Waals surface area contributed by atoms with Crippen molar-refractivity contribution in [2.75, 3.05) is 0 Å². The summed E-state index contributed by atoms with van der Waals surface area (Å²) in [6, 6.07) is 21.1. The summed E-state index contributed by atoms with van der Waals surface area (Å²) in [7, 11) is 0. The van der Waals surface area contributed by atoms with Crippen LogP contribution < -0.4 is 0 Å². The van der Waals surface area contributed by atoms with Crippen molar-refractivity contribution in [3.8, 4) is 0 Å². The zero-order chi connectivity index (χ0) is 21.8. The molecule has 0 atom stereocenters. The van der Waals surface area contributed by atoms with E-state index < -0.39 is 5.97 Å². The third-order valence-corrected chi connectivity index (χ3v) is 5.18. The number of halogens is 1. The Morgan fingerprint density at radius 3 is 2.45 bits per heavy atom. The Labute approximate surface area is 179 Å². The van der Waals surface area contributed by atoms with Crippen molar-refractivity contribution in [2.45, 2.75) is 13.3 Å². The number of hydrogen-bond acceptors (Lipinski definition) is 2. The largest absolute Gasteiger partial charge is 0.478 e. The number of rotatable bonds is 6. The Morgan fingerprint density at radius 1 is 1.03 bits per heavy atom. The van der Waals surface area contributed by atoms with E-state index in [2.05, 4.69) is 29.3 Å². The van der Waals surface area contributed by atoms with Crippen LogP contribution in [0.1, 0.15) is 35.6 Å². The molecule has 3 aromatic carbocycles. The fourth-order valence-corrected chi connectivity index (χ4v) is 3.77. The summed E-state index contributed by atoms with van der Waals surface area (Å²) >= 11 is 0. The topological polar surface area (TPSA) is 66.0 Å². The molecule has 1 heterocycles. The van der Waals surface area contributed by atoms with Crippen LogP contribution in [0, 0.1) is 5.82 Å². The summed E-state index contributed by atoms with van der Waals surface area (Å²) in [5.41, 5.74) is 5.95. The van der Waals surface area contributed by atoms with Gasteiger partial charge in [-0.25, -0.2) is 9.18 Å². The predicted octanol–water partition coefficient (Wildman–Crippen LogP) is 6.17. The molecule has 0 bridgehead atoms. The lowest BCUT2D eigenvalue weighted by Gasteiger charge is -2.17. The quantitative estimate of drug-likeness (QED) is 0.294. The molecule has 1 aromatic heterocycles. The van der Waals surface area contributed by atoms with E-state index in [0.717, 1.165) is 45.9 Å². The Hall–Kier alpha value is -3.99. The van der Waals surface area contributed by atoms with E-state index in [1.165, 1.54) is 6.07 Å². The minimum Gasteiger partial charge on any atom is -0.478 e. The number of aromatic amines is 1. The molecular formula is C26H21FN2O2. The fraction of sp³-hybridized carbons (Fsp3) is 0.0769. The van der Waals surface area contributed by atoms with Crippen molar-refractivity contribution in [3.63, 3.8) is 0 Å². The van der Waals surface area contributed by atoms with E-state index in [4.69, 9.17) is 5.11 Å². The third-order valence-electron chi connectivity index (χ3n) is 5.18. The van der Waals surface area contributed by atoms with E-state index in [9.17, 15) is 9.18 Å². The Bertz CT molecular complexity index is 1290. The lowest BCUT2D eigenvalue weighted by molar-refractivity contribution is -0.131. The van der Waals surface area contributed by atoms with E-state index in [0.29, 0.717) is 10.9 Å². The highest BCUT2D eigenvalue weighted by molar-refractivity contribution is 6.00. The average Bonchev–Trinajstić information content (AvgIpc) is 3.26. The van der Waals surface area contributed by atoms with Crippen LogP contribution in [-0.4, -0.2) is 21.3 Å². The van der Waals surface area contributed by atoms with Crippen LogP contribution in [-0.2, 0) is 4.79 Å². The molecule has 4 nitrogen and oxygen atoms in total. The van der Waals surface area contributed by atoms with Crippen molar-refractivity contribution < 1.29 is 14.3 Å². The van der Waals surface area contributed by atoms with Gasteiger partial charge in [-0.05, 0) is 58.0 Å². The number of hydrogen-bond donors (Lipinski definition) is 2. The van der Waals surface area contributed by atoms with Gasteiger partial charge in [-0.15, -0.1) is 0 Å². The van der Waals surface area contributed by atoms with Gasteiger partial charge < -0.3 is 5.11 Å². The number of benzene rings is 3. The molecule has 0 radical (unpaired) electrons. The third kappa shape index (κ3) is 4.31. The smallest absolute Gasteiger partial charge is 0.328 e. The maximum Gasteiger partial charge on any atom is 0.328 e. The molecular weight excluding hydrogens is 391 g/mol. The van der Waals surface area contributed by atoms with Gasteiger partial charge in [0.15, 0.2) is 0 Å². The second-order valence-corrected chi connectivity index (χ2v) is 7.16. The minimum absolute atomic E-state index is 0.355. The summed E-state index contributed by atoms with van der Waals surface area (Å²) < 4.78 is 14.8. The van der Waals surface area contributed by atoms with Crippen LogP contribution in [0.15, 0.2) is 79.0 Å². The lowest BCUT2D eigenvalue weighted by atomic mass is 9.87. The molecule has 0 saturated heterocycles. The number of H-pyrrole nitrogens is 1. The molecule has 2 N–H and O–H groups in total. The maximum atomic E-state index is 14.8. The van der Waals surface area contributed by atoms with Gasteiger partial charge in [-0.3, -0.25) is 5.10 Å². The van der Waals surface area contributed by atoms with Gasteiger partial charge in [-0.1, -0.05) is 61.5 Å². The highest BCUT2D eigenvalue weighted by atomic mass is 19.1. The van der Waals surface area contributed by atoms with Crippen molar-refractivity contribution in [1.82, 2.24) is 10.2 Å². The van der Waals surface area contributed by atoms with Crippen LogP contribution in [0.3, 0.4) is 0 Å². The van der Waals surface area contributed by atoms with Crippen molar-refractivity contribution >= 4 is 34.1 Å². The first-order chi connectivity index (χ1) is 15.1. The number of nitrogens with zero attached hydrogens (tertiary/aromatic N) is 1. The Kier molecular flexibility index (Phi) is 5.76. The van der Waals surface area contributed by atoms with Crippen LogP contribution in [0.4, 0.5) is 4.39 Å². The molecule has 0 aliphatic rings. The van der Waals surface area contributed by atoms with Crippen LogP contribution in [0.5, 0.6) is 0 Å². The molecule has 0 aliphatic carbocycles. The number of nitrogens with one attached hydrogen (secondary N) is 1. The summed E-state index contributed by atoms with van der Waals surface area (Å²) in [4.78, 5) is 10.8. The first kappa shape index (κ1) is 20.3. The van der Waals surface area contributed by atoms with Gasteiger partial charge in [-0.2, -0.15) is 5.10 Å². The molecule has 0 fully saturated rings. The standard InChI is InChI=1S/C26H21FN2O2/c1-2-22(18-6-4-3-5-7-18)25(19-11-8-17(9-12-19)10-13-24(30)31)20-14-21-16-28-29-26(21)23(27)15-20/h3-16H,2H2,1H3,(H,28,29)(H,30,31). The number of carboxylic acid groups (broad SMARTS) is 1. The van der Waals surface area contributed by atoms with Gasteiger partial charge in [0, 0.05) is 11.5 Å². The number of aromatic nitrogens is 2. The van der Waals surface area contributed by atoms with Crippen LogP contribution in [0.2, 0.25) is 0 Å². The SMILES string of the molecule is CCC(=C(c1ccc(C=CC(=O)O)cc1)c1cc(F)c2[nH]ncc2c1)c1ccccc1. The first-order valence-electron chi connectivity index (χ1n) is 10.00. The predicted molar refractivity (Wildman–Crippen MR) is 122 cm³/mol. The summed E-state index contributed by atoms with van der Waals surface area (Å²) in [5, 5.41) is 16.2. The summed E-state index contributed by atoms with van der Waals surface area (Å²) in [6.07, 6.45) is 5.03. The molecule has 154 valence electrons. The van der Waals surface area contributed by atoms with Gasteiger partial charge >= 0.3 is 5.97 Å². The summed E-state index contributed by atoms with van der Waals surface area (Å²) in [5.74, 6) is -1.35. The molecule has 0 unspecified atom stereocenters. The van der Waals surface area contributed by atoms with E-state index >= 15 is 0 Å². The minimum atomic E-state index is -0.995. The normalized spacial score (nSPS) is 12.3. The van der Waals surface area contributed by atoms with Crippen molar-refractivity contribution in [2.24, 2.45) is 0 Å². The molecule has 0 aliphatic heterocycles. The van der Waals surface area contributed by atoms with Crippen molar-refractivity contribution in [1.29, 1.82) is 0 Å². The van der Waals surface area contributed by atoms with Gasteiger partial charge in [0.1, 0.15) is 11.3 Å². The molecule has 5 heteroatoms. The zero-order valence-corrected chi connectivity index (χ0v) is 17.0. The average molecular weight is 412 g/mol. The van der Waals surface area contributed by atoms with Crippen LogP contribution >= 0.6 is 0 Å². The monoisotopic (exact) mass is 412 g/mol. The van der Waals surface area contributed by atoms with E-state index in [1.807, 2.05) is 48.5 Å². The number of carboxylic acids is 1. The molecule has 0 saturated carbocycles. The van der Waals surface area contributed by atoms with Crippen LogP contribution in [0.25, 0.3) is 28.1 Å². The number of allylic oxidation sites excluding steroid dienone is 1. The Balaban J connectivity index is 1.93. The summed E-state index contributed by atoms with van der Waals surface area (Å²) in [6.45, 7) is 2.08. The zero-order valence-electron chi connectivity index (χ0n) is 17.0. The molecule has 31 heavy (non-hydrogen) atoms. The Morgan fingerprint density at radius 2 is 1.77 bits per heavy atom. The number of fused-ring (bicyclic) bond motifs is 1. The first-order valence-corrected chi connectivity index (χ1v) is 10.00. The van der Waals surface area contributed by atoms with E-state index in [-0.39, 0.29) is 5.82 Å². The number of aliphatic carboxylic acids is 1. The van der Waals surface area contributed by atoms with Gasteiger partial charge in [0.25, 0.3) is 0 Å². The highest BCUT2D eigenvalue weighted by Gasteiger charge is 2.16. The lowest BCUT2D eigenvalue weighted by Crippen LogP contribution is -1.96. The maximum absolute atomic E-state index is 14.8. The fourth-order valence-electron chi connectivity index (χ4n) is 3.77. The number of carbonyl (C=O) groups is 1. The molecule has 4 aromatic rings. The second kappa shape index (κ2) is 8.79.